The van der Waals surface area contributed by atoms with Crippen LogP contribution in [-0.4, -0.2) is 15.0 Å². The molecule has 1 rings (SSSR count). The van der Waals surface area contributed by atoms with E-state index in [1.54, 1.807) is 6.92 Å². The van der Waals surface area contributed by atoms with Crippen molar-refractivity contribution in [2.75, 3.05) is 12.3 Å². The summed E-state index contributed by atoms with van der Waals surface area (Å²) in [7, 11) is -3.73. The molecule has 0 amide bonds. The Morgan fingerprint density at radius 2 is 2.18 bits per heavy atom. The molecular formula is C10H12BrFN2O2S. The van der Waals surface area contributed by atoms with Gasteiger partial charge in [0.2, 0.25) is 10.0 Å². The fourth-order valence-corrected chi connectivity index (χ4v) is 3.19. The molecule has 1 aromatic carbocycles. The lowest BCUT2D eigenvalue weighted by molar-refractivity contribution is 0.583. The van der Waals surface area contributed by atoms with Gasteiger partial charge < -0.3 is 5.73 Å². The lowest BCUT2D eigenvalue weighted by Gasteiger charge is -2.09. The zero-order valence-corrected chi connectivity index (χ0v) is 11.5. The summed E-state index contributed by atoms with van der Waals surface area (Å²) in [5, 5.41) is 0. The van der Waals surface area contributed by atoms with Gasteiger partial charge in [-0.3, -0.25) is 0 Å². The average molecular weight is 323 g/mol. The molecule has 0 spiro atoms. The molecule has 0 aliphatic carbocycles. The average Bonchev–Trinajstić information content (AvgIpc) is 2.20. The van der Waals surface area contributed by atoms with E-state index in [0.717, 1.165) is 12.1 Å². The Labute approximate surface area is 108 Å². The van der Waals surface area contributed by atoms with Crippen molar-refractivity contribution in [3.05, 3.63) is 34.6 Å². The normalized spacial score (nSPS) is 11.5. The van der Waals surface area contributed by atoms with E-state index in [4.69, 9.17) is 5.73 Å². The van der Waals surface area contributed by atoms with E-state index in [9.17, 15) is 12.8 Å². The maximum atomic E-state index is 13.1. The minimum absolute atomic E-state index is 0.0994. The van der Waals surface area contributed by atoms with Gasteiger partial charge in [0, 0.05) is 11.0 Å². The molecule has 7 heteroatoms. The first-order valence-electron chi connectivity index (χ1n) is 4.62. The molecule has 0 radical (unpaired) electrons. The highest BCUT2D eigenvalue weighted by Crippen LogP contribution is 2.26. The maximum absolute atomic E-state index is 13.1. The molecule has 0 saturated heterocycles. The van der Waals surface area contributed by atoms with E-state index in [-0.39, 0.29) is 21.6 Å². The Bertz CT molecular complexity index is 558. The summed E-state index contributed by atoms with van der Waals surface area (Å²) in [5.41, 5.74) is 5.78. The highest BCUT2D eigenvalue weighted by molar-refractivity contribution is 9.10. The summed E-state index contributed by atoms with van der Waals surface area (Å²) < 4.78 is 39.2. The summed E-state index contributed by atoms with van der Waals surface area (Å²) in [6.45, 7) is 5.39. The molecule has 0 saturated carbocycles. The number of sulfonamides is 1. The minimum atomic E-state index is -3.73. The van der Waals surface area contributed by atoms with Crippen LogP contribution in [0.25, 0.3) is 0 Å². The highest BCUT2D eigenvalue weighted by Gasteiger charge is 2.19. The Morgan fingerprint density at radius 1 is 1.59 bits per heavy atom. The third-order valence-corrected chi connectivity index (χ3v) is 4.26. The second-order valence-electron chi connectivity index (χ2n) is 3.59. The highest BCUT2D eigenvalue weighted by atomic mass is 79.9. The monoisotopic (exact) mass is 322 g/mol. The largest absolute Gasteiger partial charge is 0.396 e. The van der Waals surface area contributed by atoms with Gasteiger partial charge in [-0.15, -0.1) is 0 Å². The van der Waals surface area contributed by atoms with Gasteiger partial charge in [0.1, 0.15) is 5.82 Å². The van der Waals surface area contributed by atoms with E-state index in [2.05, 4.69) is 27.2 Å². The van der Waals surface area contributed by atoms with E-state index in [0.29, 0.717) is 5.57 Å². The predicted molar refractivity (Wildman–Crippen MR) is 68.5 cm³/mol. The second-order valence-corrected chi connectivity index (χ2v) is 6.18. The molecule has 17 heavy (non-hydrogen) atoms. The van der Waals surface area contributed by atoms with Gasteiger partial charge in [-0.05, 0) is 35.0 Å². The second kappa shape index (κ2) is 5.16. The molecule has 0 unspecified atom stereocenters. The number of nitrogens with one attached hydrogen (secondary N) is 1. The number of hydrogen-bond donors (Lipinski definition) is 2. The molecule has 0 heterocycles. The number of nitrogen functional groups attached to an aromatic ring is 1. The van der Waals surface area contributed by atoms with Gasteiger partial charge in [-0.25, -0.2) is 17.5 Å². The topological polar surface area (TPSA) is 72.2 Å². The van der Waals surface area contributed by atoms with Crippen LogP contribution in [0.5, 0.6) is 0 Å². The molecule has 1 aromatic rings. The summed E-state index contributed by atoms with van der Waals surface area (Å²) in [6.07, 6.45) is 0. The molecule has 94 valence electrons. The third kappa shape index (κ3) is 3.52. The quantitative estimate of drug-likeness (QED) is 0.658. The zero-order chi connectivity index (χ0) is 13.2. The van der Waals surface area contributed by atoms with Crippen LogP contribution >= 0.6 is 15.9 Å². The molecule has 4 nitrogen and oxygen atoms in total. The number of benzene rings is 1. The SMILES string of the molecule is C=C(C)CNS(=O)(=O)c1cc(N)c(F)cc1Br. The Balaban J connectivity index is 3.15. The van der Waals surface area contributed by atoms with E-state index in [1.165, 1.54) is 0 Å². The van der Waals surface area contributed by atoms with Crippen molar-refractivity contribution < 1.29 is 12.8 Å². The maximum Gasteiger partial charge on any atom is 0.242 e. The Morgan fingerprint density at radius 3 is 2.71 bits per heavy atom. The van der Waals surface area contributed by atoms with Crippen LogP contribution in [0.3, 0.4) is 0 Å². The van der Waals surface area contributed by atoms with Gasteiger partial charge in [0.05, 0.1) is 10.6 Å². The van der Waals surface area contributed by atoms with Crippen molar-refractivity contribution in [1.82, 2.24) is 4.72 Å². The van der Waals surface area contributed by atoms with E-state index >= 15 is 0 Å². The number of nitrogens with two attached hydrogens (primary N) is 1. The first kappa shape index (κ1) is 14.1. The lowest BCUT2D eigenvalue weighted by Crippen LogP contribution is -2.25. The van der Waals surface area contributed by atoms with Crippen LogP contribution in [-0.2, 0) is 10.0 Å². The Hall–Kier alpha value is -0.920. The molecule has 0 aromatic heterocycles. The van der Waals surface area contributed by atoms with Crippen molar-refractivity contribution in [3.63, 3.8) is 0 Å². The number of halogens is 2. The van der Waals surface area contributed by atoms with E-state index in [1.807, 2.05) is 0 Å². The molecular weight excluding hydrogens is 311 g/mol. The van der Waals surface area contributed by atoms with Crippen LogP contribution < -0.4 is 10.5 Å². The van der Waals surface area contributed by atoms with Crippen molar-refractivity contribution in [2.45, 2.75) is 11.8 Å². The summed E-state index contributed by atoms with van der Waals surface area (Å²) >= 11 is 2.99. The van der Waals surface area contributed by atoms with Crippen LogP contribution in [0.15, 0.2) is 33.7 Å². The predicted octanol–water partition coefficient (Wildman–Crippen LogP) is 2.02. The summed E-state index contributed by atoms with van der Waals surface area (Å²) in [4.78, 5) is -0.0994. The van der Waals surface area contributed by atoms with Crippen molar-refractivity contribution in [3.8, 4) is 0 Å². The summed E-state index contributed by atoms with van der Waals surface area (Å²) in [6, 6.07) is 2.09. The molecule has 3 N–H and O–H groups in total. The molecule has 0 bridgehead atoms. The summed E-state index contributed by atoms with van der Waals surface area (Å²) in [5.74, 6) is -0.671. The standard InChI is InChI=1S/C10H12BrFN2O2S/c1-6(2)5-14-17(15,16)10-4-9(13)8(12)3-7(10)11/h3-4,14H,1,5,13H2,2H3. The van der Waals surface area contributed by atoms with E-state index < -0.39 is 15.8 Å². The third-order valence-electron chi connectivity index (χ3n) is 1.90. The Kier molecular flexibility index (Phi) is 4.29. The molecule has 0 atom stereocenters. The zero-order valence-electron chi connectivity index (χ0n) is 9.13. The van der Waals surface area contributed by atoms with Gasteiger partial charge >= 0.3 is 0 Å². The fraction of sp³-hybridized carbons (Fsp3) is 0.200. The minimum Gasteiger partial charge on any atom is -0.396 e. The van der Waals surface area contributed by atoms with Gasteiger partial charge in [0.15, 0.2) is 0 Å². The number of anilines is 1. The molecule has 0 aliphatic rings. The van der Waals surface area contributed by atoms with Crippen molar-refractivity contribution in [2.24, 2.45) is 0 Å². The van der Waals surface area contributed by atoms with Crippen LogP contribution in [0.1, 0.15) is 6.92 Å². The smallest absolute Gasteiger partial charge is 0.242 e. The van der Waals surface area contributed by atoms with Crippen molar-refractivity contribution >= 4 is 31.6 Å². The van der Waals surface area contributed by atoms with Gasteiger partial charge in [-0.1, -0.05) is 12.2 Å². The fourth-order valence-electron chi connectivity index (χ4n) is 1.05. The molecule has 0 fully saturated rings. The van der Waals surface area contributed by atoms with Gasteiger partial charge in [0.25, 0.3) is 0 Å². The lowest BCUT2D eigenvalue weighted by atomic mass is 10.3. The number of hydrogen-bond acceptors (Lipinski definition) is 3. The van der Waals surface area contributed by atoms with Crippen LogP contribution in [0.4, 0.5) is 10.1 Å². The molecule has 0 aliphatic heterocycles. The first-order valence-corrected chi connectivity index (χ1v) is 6.90. The van der Waals surface area contributed by atoms with Gasteiger partial charge in [-0.2, -0.15) is 0 Å². The van der Waals surface area contributed by atoms with Crippen molar-refractivity contribution in [1.29, 1.82) is 0 Å². The first-order chi connectivity index (χ1) is 7.74. The van der Waals surface area contributed by atoms with Crippen LogP contribution in [0, 0.1) is 5.82 Å². The number of rotatable bonds is 4. The van der Waals surface area contributed by atoms with Crippen LogP contribution in [0.2, 0.25) is 0 Å².